The van der Waals surface area contributed by atoms with Crippen molar-refractivity contribution >= 4 is 35.4 Å². The molecule has 1 aliphatic rings. The number of carbonyl (C=O) groups is 1. The molecule has 0 spiro atoms. The van der Waals surface area contributed by atoms with E-state index in [0.717, 1.165) is 50.1 Å². The summed E-state index contributed by atoms with van der Waals surface area (Å²) in [5.41, 5.74) is 4.48. The van der Waals surface area contributed by atoms with Crippen molar-refractivity contribution in [1.29, 1.82) is 0 Å². The Morgan fingerprint density at radius 2 is 2.00 bits per heavy atom. The summed E-state index contributed by atoms with van der Waals surface area (Å²) in [7, 11) is 0. The molecule has 4 rings (SSSR count). The molecule has 0 atom stereocenters. The SMILES string of the molecule is Cc1cccc(N(S)C(=O)NC2CCN(CCc3c[nH]c4ccccc34)CC2)c1. The van der Waals surface area contributed by atoms with Gasteiger partial charge in [0.15, 0.2) is 0 Å². The number of amides is 2. The molecular weight excluding hydrogens is 380 g/mol. The van der Waals surface area contributed by atoms with E-state index >= 15 is 0 Å². The van der Waals surface area contributed by atoms with Gasteiger partial charge in [-0.15, -0.1) is 0 Å². The Kier molecular flexibility index (Phi) is 6.11. The molecular formula is C23H28N4OS. The average molecular weight is 409 g/mol. The minimum atomic E-state index is -0.156. The van der Waals surface area contributed by atoms with E-state index in [1.807, 2.05) is 31.2 Å². The quantitative estimate of drug-likeness (QED) is 0.543. The highest BCUT2D eigenvalue weighted by molar-refractivity contribution is 7.82. The first-order chi connectivity index (χ1) is 14.1. The minimum absolute atomic E-state index is 0.156. The van der Waals surface area contributed by atoms with Gasteiger partial charge < -0.3 is 15.2 Å². The van der Waals surface area contributed by atoms with Gasteiger partial charge in [-0.1, -0.05) is 43.1 Å². The number of aromatic nitrogens is 1. The van der Waals surface area contributed by atoms with E-state index in [9.17, 15) is 4.79 Å². The lowest BCUT2D eigenvalue weighted by molar-refractivity contribution is 0.197. The van der Waals surface area contributed by atoms with Crippen LogP contribution in [-0.2, 0) is 6.42 Å². The van der Waals surface area contributed by atoms with E-state index in [-0.39, 0.29) is 12.1 Å². The lowest BCUT2D eigenvalue weighted by atomic mass is 10.0. The number of rotatable bonds is 5. The van der Waals surface area contributed by atoms with E-state index in [1.165, 1.54) is 20.8 Å². The van der Waals surface area contributed by atoms with Crippen LogP contribution in [0.25, 0.3) is 10.9 Å². The molecule has 152 valence electrons. The molecule has 3 aromatic rings. The Hall–Kier alpha value is -2.44. The highest BCUT2D eigenvalue weighted by atomic mass is 32.1. The highest BCUT2D eigenvalue weighted by Crippen LogP contribution is 2.21. The van der Waals surface area contributed by atoms with Crippen molar-refractivity contribution in [2.75, 3.05) is 23.9 Å². The Morgan fingerprint density at radius 1 is 1.21 bits per heavy atom. The van der Waals surface area contributed by atoms with Gasteiger partial charge in [0.2, 0.25) is 0 Å². The molecule has 5 nitrogen and oxygen atoms in total. The minimum Gasteiger partial charge on any atom is -0.361 e. The maximum atomic E-state index is 12.5. The number of aromatic amines is 1. The van der Waals surface area contributed by atoms with Crippen molar-refractivity contribution in [2.45, 2.75) is 32.2 Å². The van der Waals surface area contributed by atoms with Crippen LogP contribution in [0, 0.1) is 6.92 Å². The lowest BCUT2D eigenvalue weighted by Gasteiger charge is -2.33. The first-order valence-corrected chi connectivity index (χ1v) is 10.6. The van der Waals surface area contributed by atoms with Crippen LogP contribution >= 0.6 is 12.8 Å². The zero-order chi connectivity index (χ0) is 20.2. The van der Waals surface area contributed by atoms with Crippen LogP contribution < -0.4 is 9.62 Å². The zero-order valence-electron chi connectivity index (χ0n) is 16.8. The molecule has 0 aliphatic carbocycles. The molecule has 0 radical (unpaired) electrons. The summed E-state index contributed by atoms with van der Waals surface area (Å²) in [5.74, 6) is 0. The molecule has 0 saturated carbocycles. The number of hydrogen-bond donors (Lipinski definition) is 3. The van der Waals surface area contributed by atoms with Gasteiger partial charge in [-0.25, -0.2) is 9.10 Å². The monoisotopic (exact) mass is 408 g/mol. The Labute approximate surface area is 177 Å². The highest BCUT2D eigenvalue weighted by Gasteiger charge is 2.22. The number of nitrogens with one attached hydrogen (secondary N) is 2. The fourth-order valence-corrected chi connectivity index (χ4v) is 4.21. The second-order valence-corrected chi connectivity index (χ2v) is 8.23. The number of likely N-dealkylation sites (tertiary alicyclic amines) is 1. The number of urea groups is 1. The average Bonchev–Trinajstić information content (AvgIpc) is 3.16. The number of H-pyrrole nitrogens is 1. The van der Waals surface area contributed by atoms with Gasteiger partial charge in [-0.2, -0.15) is 0 Å². The third kappa shape index (κ3) is 4.77. The number of nitrogens with zero attached hydrogens (tertiary/aromatic N) is 2. The van der Waals surface area contributed by atoms with Gasteiger partial charge in [0.05, 0.1) is 5.69 Å². The molecule has 1 saturated heterocycles. The largest absolute Gasteiger partial charge is 0.361 e. The number of hydrogen-bond acceptors (Lipinski definition) is 3. The van der Waals surface area contributed by atoms with E-state index in [0.29, 0.717) is 0 Å². The third-order valence-corrected chi connectivity index (χ3v) is 6.14. The third-order valence-electron chi connectivity index (χ3n) is 5.73. The number of fused-ring (bicyclic) bond motifs is 1. The lowest BCUT2D eigenvalue weighted by Crippen LogP contribution is -2.47. The number of thiol groups is 1. The molecule has 29 heavy (non-hydrogen) atoms. The van der Waals surface area contributed by atoms with Crippen molar-refractivity contribution < 1.29 is 4.79 Å². The van der Waals surface area contributed by atoms with E-state index in [1.54, 1.807) is 0 Å². The summed E-state index contributed by atoms with van der Waals surface area (Å²) in [6, 6.07) is 16.3. The standard InChI is InChI=1S/C23H28N4OS/c1-17-5-4-6-20(15-17)27(29)23(28)25-19-10-13-26(14-11-19)12-9-18-16-24-22-8-3-2-7-21(18)22/h2-8,15-16,19,24,29H,9-14H2,1H3,(H,25,28). The summed E-state index contributed by atoms with van der Waals surface area (Å²) >= 11 is 4.38. The number of para-hydroxylation sites is 1. The second-order valence-electron chi connectivity index (χ2n) is 7.83. The smallest absolute Gasteiger partial charge is 0.332 e. The van der Waals surface area contributed by atoms with Gasteiger partial charge >= 0.3 is 6.03 Å². The zero-order valence-corrected chi connectivity index (χ0v) is 17.7. The molecule has 1 fully saturated rings. The summed E-state index contributed by atoms with van der Waals surface area (Å²) in [6.45, 7) is 5.06. The number of aryl methyl sites for hydroxylation is 1. The van der Waals surface area contributed by atoms with E-state index in [2.05, 4.69) is 58.5 Å². The molecule has 1 aromatic heterocycles. The van der Waals surface area contributed by atoms with Crippen LogP contribution in [-0.4, -0.2) is 41.6 Å². The number of anilines is 1. The van der Waals surface area contributed by atoms with Crippen molar-refractivity contribution in [3.63, 3.8) is 0 Å². The van der Waals surface area contributed by atoms with Gasteiger partial charge in [0.1, 0.15) is 0 Å². The van der Waals surface area contributed by atoms with Gasteiger partial charge in [0.25, 0.3) is 0 Å². The Balaban J connectivity index is 1.24. The van der Waals surface area contributed by atoms with Crippen molar-refractivity contribution in [2.24, 2.45) is 0 Å². The maximum absolute atomic E-state index is 12.5. The summed E-state index contributed by atoms with van der Waals surface area (Å²) in [5, 5.41) is 4.45. The van der Waals surface area contributed by atoms with Crippen molar-refractivity contribution in [3.8, 4) is 0 Å². The fourth-order valence-electron chi connectivity index (χ4n) is 4.03. The van der Waals surface area contributed by atoms with Crippen LogP contribution in [0.5, 0.6) is 0 Å². The number of carbonyl (C=O) groups excluding carboxylic acids is 1. The van der Waals surface area contributed by atoms with Crippen molar-refractivity contribution in [1.82, 2.24) is 15.2 Å². The molecule has 2 aromatic carbocycles. The summed E-state index contributed by atoms with van der Waals surface area (Å²) in [6.07, 6.45) is 5.10. The first kappa shape index (κ1) is 19.9. The molecule has 6 heteroatoms. The predicted molar refractivity (Wildman–Crippen MR) is 123 cm³/mol. The first-order valence-electron chi connectivity index (χ1n) is 10.2. The maximum Gasteiger partial charge on any atom is 0.332 e. The van der Waals surface area contributed by atoms with Crippen LogP contribution in [0.4, 0.5) is 10.5 Å². The summed E-state index contributed by atoms with van der Waals surface area (Å²) < 4.78 is 1.40. The topological polar surface area (TPSA) is 51.4 Å². The summed E-state index contributed by atoms with van der Waals surface area (Å²) in [4.78, 5) is 18.4. The van der Waals surface area contributed by atoms with Gasteiger partial charge in [-0.05, 0) is 55.5 Å². The van der Waals surface area contributed by atoms with E-state index < -0.39 is 0 Å². The van der Waals surface area contributed by atoms with E-state index in [4.69, 9.17) is 0 Å². The molecule has 0 bridgehead atoms. The van der Waals surface area contributed by atoms with Crippen LogP contribution in [0.1, 0.15) is 24.0 Å². The predicted octanol–water partition coefficient (Wildman–Crippen LogP) is 4.54. The number of piperidine rings is 1. The van der Waals surface area contributed by atoms with Crippen molar-refractivity contribution in [3.05, 3.63) is 65.9 Å². The fraction of sp³-hybridized carbons (Fsp3) is 0.348. The van der Waals surface area contributed by atoms with Crippen LogP contribution in [0.2, 0.25) is 0 Å². The molecule has 2 amide bonds. The van der Waals surface area contributed by atoms with Gasteiger partial charge in [-0.3, -0.25) is 0 Å². The molecule has 2 N–H and O–H groups in total. The second kappa shape index (κ2) is 8.93. The van der Waals surface area contributed by atoms with Gasteiger partial charge in [0, 0.05) is 42.8 Å². The normalized spacial score (nSPS) is 15.5. The molecule has 0 unspecified atom stereocenters. The molecule has 2 heterocycles. The van der Waals surface area contributed by atoms with Crippen LogP contribution in [0.15, 0.2) is 54.7 Å². The van der Waals surface area contributed by atoms with Crippen LogP contribution in [0.3, 0.4) is 0 Å². The Morgan fingerprint density at radius 3 is 2.79 bits per heavy atom. The Bertz CT molecular complexity index is 978. The number of benzene rings is 2. The molecule has 1 aliphatic heterocycles.